The second-order valence-corrected chi connectivity index (χ2v) is 12.2. The number of allylic oxidation sites excluding steroid dienone is 4. The molecular weight excluding hydrogens is 584 g/mol. The van der Waals surface area contributed by atoms with Gasteiger partial charge in [0.2, 0.25) is 0 Å². The van der Waals surface area contributed by atoms with Gasteiger partial charge < -0.3 is 26.2 Å². The highest BCUT2D eigenvalue weighted by Crippen LogP contribution is 2.29. The van der Waals surface area contributed by atoms with Gasteiger partial charge in [0, 0.05) is 48.6 Å². The van der Waals surface area contributed by atoms with Crippen molar-refractivity contribution in [2.24, 2.45) is 28.6 Å². The van der Waals surface area contributed by atoms with E-state index in [1.54, 1.807) is 30.5 Å². The van der Waals surface area contributed by atoms with Crippen LogP contribution in [0.2, 0.25) is 0 Å². The second-order valence-electron chi connectivity index (χ2n) is 11.5. The molecule has 0 aromatic heterocycles. The summed E-state index contributed by atoms with van der Waals surface area (Å²) in [6.07, 6.45) is 7.94. The molecule has 2 aromatic carbocycles. The Morgan fingerprint density at radius 3 is 2.36 bits per heavy atom. The van der Waals surface area contributed by atoms with E-state index in [0.717, 1.165) is 33.8 Å². The first-order valence-electron chi connectivity index (χ1n) is 14.6. The summed E-state index contributed by atoms with van der Waals surface area (Å²) in [5, 5.41) is 6.00. The lowest BCUT2D eigenvalue weighted by Crippen LogP contribution is -2.33. The minimum Gasteiger partial charge on any atom is -0.397 e. The van der Waals surface area contributed by atoms with Crippen molar-refractivity contribution in [1.29, 1.82) is 0 Å². The maximum absolute atomic E-state index is 13.5. The number of methoxy groups -OCH3 is 1. The van der Waals surface area contributed by atoms with E-state index < -0.39 is 0 Å². The fourth-order valence-electron chi connectivity index (χ4n) is 4.38. The van der Waals surface area contributed by atoms with Crippen LogP contribution < -0.4 is 43.2 Å². The lowest BCUT2D eigenvalue weighted by molar-refractivity contribution is 0.0956. The van der Waals surface area contributed by atoms with Crippen LogP contribution in [0.15, 0.2) is 107 Å². The molecule has 45 heavy (non-hydrogen) atoms. The van der Waals surface area contributed by atoms with Gasteiger partial charge in [-0.25, -0.2) is 11.7 Å². The third-order valence-electron chi connectivity index (χ3n) is 6.93. The number of rotatable bonds is 15. The number of ether oxygens (including phenoxy) is 1. The summed E-state index contributed by atoms with van der Waals surface area (Å²) in [7, 11) is 1.58. The SMILES string of the molecule is C=C(/C=C(\C=C(/COC)NC(=O)c1ccc(C)c(N(N)/C=C(N)/C(C)=C(\CCN)N(N)c2ccccc2)c1)C(C)(C)C)NSC. The predicted molar refractivity (Wildman–Crippen MR) is 190 cm³/mol. The molecule has 0 aliphatic carbocycles. The molecule has 1 amide bonds. The molecule has 2 aromatic rings. The first-order valence-corrected chi connectivity index (χ1v) is 15.8. The maximum Gasteiger partial charge on any atom is 0.255 e. The van der Waals surface area contributed by atoms with Gasteiger partial charge in [0.1, 0.15) is 0 Å². The van der Waals surface area contributed by atoms with Gasteiger partial charge in [0.15, 0.2) is 0 Å². The standard InChI is InChI=1S/C34H50N8O2S/c1-23-14-15-26(33(43)39-28(22-44-7)20-27(34(4,5)6)18-24(2)40-45-8)19-32(23)41(37)21-30(36)25(3)31(16-17-35)42(38)29-12-10-9-11-13-29/h9-15,18-21,40H,2,16-17,22,35-38H2,1,3-8H3,(H,39,43)/b27-18+,28-20+,30-21-,31-25+. The van der Waals surface area contributed by atoms with Gasteiger partial charge in [0.05, 0.1) is 23.7 Å². The van der Waals surface area contributed by atoms with E-state index in [1.807, 2.05) is 68.7 Å². The number of nitrogens with one attached hydrogen (secondary N) is 2. The maximum atomic E-state index is 13.5. The Morgan fingerprint density at radius 2 is 1.78 bits per heavy atom. The Kier molecular flexibility index (Phi) is 14.4. The highest BCUT2D eigenvalue weighted by atomic mass is 32.2. The van der Waals surface area contributed by atoms with Crippen LogP contribution in [0.3, 0.4) is 0 Å². The van der Waals surface area contributed by atoms with Crippen molar-refractivity contribution in [3.63, 3.8) is 0 Å². The molecule has 10 nitrogen and oxygen atoms in total. The average Bonchev–Trinajstić information content (AvgIpc) is 2.99. The van der Waals surface area contributed by atoms with Gasteiger partial charge in [-0.3, -0.25) is 14.8 Å². The van der Waals surface area contributed by atoms with E-state index in [2.05, 4.69) is 37.4 Å². The topological polar surface area (TPSA) is 161 Å². The third-order valence-corrected chi connectivity index (χ3v) is 7.40. The van der Waals surface area contributed by atoms with Crippen LogP contribution in [-0.2, 0) is 4.74 Å². The van der Waals surface area contributed by atoms with Gasteiger partial charge in [-0.2, -0.15) is 0 Å². The number of anilines is 2. The van der Waals surface area contributed by atoms with Crippen LogP contribution >= 0.6 is 11.9 Å². The molecule has 0 heterocycles. The molecule has 0 aliphatic heterocycles. The number of carbonyl (C=O) groups excluding carboxylic acids is 1. The predicted octanol–water partition coefficient (Wildman–Crippen LogP) is 5.09. The zero-order chi connectivity index (χ0) is 33.7. The lowest BCUT2D eigenvalue weighted by Gasteiger charge is -2.25. The Hall–Kier alpha value is -4.00. The number of carbonyl (C=O) groups is 1. The quantitative estimate of drug-likeness (QED) is 0.0674. The normalized spacial score (nSPS) is 13.2. The highest BCUT2D eigenvalue weighted by Gasteiger charge is 2.19. The van der Waals surface area contributed by atoms with E-state index >= 15 is 0 Å². The number of hydrazine groups is 2. The van der Waals surface area contributed by atoms with Crippen molar-refractivity contribution < 1.29 is 9.53 Å². The highest BCUT2D eigenvalue weighted by molar-refractivity contribution is 7.96. The molecule has 2 rings (SSSR count). The molecule has 0 radical (unpaired) electrons. The Balaban J connectivity index is 2.42. The summed E-state index contributed by atoms with van der Waals surface area (Å²) in [5.74, 6) is 12.7. The third kappa shape index (κ3) is 11.1. The molecule has 10 N–H and O–H groups in total. The monoisotopic (exact) mass is 634 g/mol. The minimum absolute atomic E-state index is 0.209. The Labute approximate surface area is 273 Å². The van der Waals surface area contributed by atoms with Crippen LogP contribution in [0, 0.1) is 12.3 Å². The molecule has 0 saturated heterocycles. The van der Waals surface area contributed by atoms with Crippen LogP contribution in [0.25, 0.3) is 0 Å². The van der Waals surface area contributed by atoms with Crippen molar-refractivity contribution in [3.05, 3.63) is 119 Å². The van der Waals surface area contributed by atoms with E-state index in [1.165, 1.54) is 17.0 Å². The minimum atomic E-state index is -0.304. The number of nitrogens with zero attached hydrogens (tertiary/aromatic N) is 2. The smallest absolute Gasteiger partial charge is 0.255 e. The second kappa shape index (κ2) is 17.5. The van der Waals surface area contributed by atoms with Gasteiger partial charge in [-0.15, -0.1) is 0 Å². The zero-order valence-corrected chi connectivity index (χ0v) is 28.4. The molecule has 0 saturated carbocycles. The number of hydrogen-bond acceptors (Lipinski definition) is 10. The number of para-hydroxylation sites is 1. The summed E-state index contributed by atoms with van der Waals surface area (Å²) < 4.78 is 8.55. The van der Waals surface area contributed by atoms with Crippen molar-refractivity contribution in [2.75, 3.05) is 36.5 Å². The Morgan fingerprint density at radius 1 is 1.11 bits per heavy atom. The number of hydrogen-bond donors (Lipinski definition) is 6. The summed E-state index contributed by atoms with van der Waals surface area (Å²) in [4.78, 5) is 13.5. The van der Waals surface area contributed by atoms with Gasteiger partial charge >= 0.3 is 0 Å². The summed E-state index contributed by atoms with van der Waals surface area (Å²) in [6.45, 7) is 14.7. The van der Waals surface area contributed by atoms with Crippen molar-refractivity contribution in [1.82, 2.24) is 10.0 Å². The number of benzene rings is 2. The van der Waals surface area contributed by atoms with Crippen molar-refractivity contribution >= 4 is 29.2 Å². The first kappa shape index (κ1) is 37.2. The molecule has 0 bridgehead atoms. The van der Waals surface area contributed by atoms with Gasteiger partial charge in [0.25, 0.3) is 5.91 Å². The molecular formula is C34H50N8O2S. The molecule has 0 atom stereocenters. The summed E-state index contributed by atoms with van der Waals surface area (Å²) in [5.41, 5.74) is 19.2. The van der Waals surface area contributed by atoms with Crippen LogP contribution in [0.1, 0.15) is 50.0 Å². The van der Waals surface area contributed by atoms with Gasteiger partial charge in [-0.05, 0) is 78.9 Å². The first-order chi connectivity index (χ1) is 21.2. The zero-order valence-electron chi connectivity index (χ0n) is 27.6. The van der Waals surface area contributed by atoms with Gasteiger partial charge in [-0.1, -0.05) is 63.6 Å². The molecule has 0 unspecified atom stereocenters. The average molecular weight is 635 g/mol. The molecule has 0 fully saturated rings. The largest absolute Gasteiger partial charge is 0.397 e. The number of nitrogens with two attached hydrogens (primary N) is 4. The number of aryl methyl sites for hydroxylation is 1. The lowest BCUT2D eigenvalue weighted by atomic mass is 9.85. The molecule has 0 aliphatic rings. The molecule has 244 valence electrons. The van der Waals surface area contributed by atoms with Crippen LogP contribution in [-0.4, -0.2) is 32.4 Å². The van der Waals surface area contributed by atoms with E-state index in [0.29, 0.717) is 35.6 Å². The molecule has 0 spiro atoms. The fraction of sp³-hybridized carbons (Fsp3) is 0.324. The van der Waals surface area contributed by atoms with Crippen molar-refractivity contribution in [2.45, 2.75) is 41.0 Å². The molecule has 11 heteroatoms. The fourth-order valence-corrected chi connectivity index (χ4v) is 4.70. The van der Waals surface area contributed by atoms with E-state index in [9.17, 15) is 4.79 Å². The van der Waals surface area contributed by atoms with Crippen molar-refractivity contribution in [3.8, 4) is 0 Å². The van der Waals surface area contributed by atoms with Crippen LogP contribution in [0.4, 0.5) is 11.4 Å². The number of amides is 1. The van der Waals surface area contributed by atoms with E-state index in [-0.39, 0.29) is 17.9 Å². The summed E-state index contributed by atoms with van der Waals surface area (Å²) in [6, 6.07) is 14.9. The van der Waals surface area contributed by atoms with Crippen LogP contribution in [0.5, 0.6) is 0 Å². The Bertz CT molecular complexity index is 1440. The van der Waals surface area contributed by atoms with E-state index in [4.69, 9.17) is 27.9 Å². The summed E-state index contributed by atoms with van der Waals surface area (Å²) >= 11 is 1.46.